The largest absolute Gasteiger partial charge is 0.481 e. The van der Waals surface area contributed by atoms with Gasteiger partial charge in [0.2, 0.25) is 0 Å². The van der Waals surface area contributed by atoms with Crippen molar-refractivity contribution in [3.8, 4) is 5.75 Å². The summed E-state index contributed by atoms with van der Waals surface area (Å²) in [6.45, 7) is 9.87. The van der Waals surface area contributed by atoms with E-state index in [-0.39, 0.29) is 11.9 Å². The van der Waals surface area contributed by atoms with Crippen LogP contribution in [0.25, 0.3) is 0 Å². The van der Waals surface area contributed by atoms with Crippen molar-refractivity contribution in [2.75, 3.05) is 11.9 Å². The van der Waals surface area contributed by atoms with E-state index < -0.39 is 6.10 Å². The van der Waals surface area contributed by atoms with Crippen molar-refractivity contribution < 1.29 is 19.1 Å². The normalized spacial score (nSPS) is 11.6. The van der Waals surface area contributed by atoms with Crippen LogP contribution in [0.15, 0.2) is 36.4 Å². The molecule has 0 spiro atoms. The predicted molar refractivity (Wildman–Crippen MR) is 106 cm³/mol. The summed E-state index contributed by atoms with van der Waals surface area (Å²) in [5, 5.41) is 2.89. The van der Waals surface area contributed by atoms with E-state index in [4.69, 9.17) is 9.47 Å². The number of aryl methyl sites for hydroxylation is 3. The average molecular weight is 369 g/mol. The highest BCUT2D eigenvalue weighted by atomic mass is 16.5. The van der Waals surface area contributed by atoms with E-state index in [2.05, 4.69) is 5.32 Å². The van der Waals surface area contributed by atoms with Gasteiger partial charge < -0.3 is 14.8 Å². The Balaban J connectivity index is 2.09. The predicted octanol–water partition coefficient (Wildman–Crippen LogP) is 4.58. The minimum Gasteiger partial charge on any atom is -0.481 e. The molecule has 0 bridgehead atoms. The maximum Gasteiger partial charge on any atom is 0.338 e. The summed E-state index contributed by atoms with van der Waals surface area (Å²) in [6.07, 6.45) is -0.0603. The van der Waals surface area contributed by atoms with Gasteiger partial charge in [-0.25, -0.2) is 4.79 Å². The molecule has 0 fully saturated rings. The molecule has 5 heteroatoms. The Morgan fingerprint density at radius 2 is 1.70 bits per heavy atom. The van der Waals surface area contributed by atoms with Gasteiger partial charge in [0.15, 0.2) is 6.10 Å². The number of rotatable bonds is 7. The number of anilines is 1. The molecule has 0 radical (unpaired) electrons. The number of esters is 1. The molecule has 0 saturated heterocycles. The molecule has 2 rings (SSSR count). The Morgan fingerprint density at radius 3 is 2.30 bits per heavy atom. The average Bonchev–Trinajstić information content (AvgIpc) is 2.64. The molecule has 0 aliphatic carbocycles. The van der Waals surface area contributed by atoms with Gasteiger partial charge in [-0.3, -0.25) is 4.79 Å². The molecule has 5 nitrogen and oxygen atoms in total. The van der Waals surface area contributed by atoms with Crippen LogP contribution in [0.5, 0.6) is 5.75 Å². The quantitative estimate of drug-likeness (QED) is 0.725. The van der Waals surface area contributed by atoms with Crippen molar-refractivity contribution in [2.45, 2.75) is 47.1 Å². The van der Waals surface area contributed by atoms with Crippen molar-refractivity contribution in [1.29, 1.82) is 0 Å². The highest BCUT2D eigenvalue weighted by Gasteiger charge is 2.20. The van der Waals surface area contributed by atoms with Gasteiger partial charge >= 0.3 is 5.97 Å². The van der Waals surface area contributed by atoms with Gasteiger partial charge in [0, 0.05) is 5.69 Å². The van der Waals surface area contributed by atoms with Gasteiger partial charge in [-0.05, 0) is 81.1 Å². The molecule has 0 saturated carbocycles. The molecule has 0 aromatic heterocycles. The van der Waals surface area contributed by atoms with Gasteiger partial charge in [-0.1, -0.05) is 13.0 Å². The molecule has 0 unspecified atom stereocenters. The Morgan fingerprint density at radius 1 is 0.963 bits per heavy atom. The SMILES string of the molecule is CCOC(=O)c1ccc(NC(=O)[C@@H](CC)Oc2ccc(C)c(C)c2)c(C)c1. The summed E-state index contributed by atoms with van der Waals surface area (Å²) in [6, 6.07) is 10.8. The minimum absolute atomic E-state index is 0.220. The number of benzene rings is 2. The fourth-order valence-electron chi connectivity index (χ4n) is 2.63. The van der Waals surface area contributed by atoms with Crippen LogP contribution >= 0.6 is 0 Å². The third-order valence-electron chi connectivity index (χ3n) is 4.42. The number of amides is 1. The summed E-state index contributed by atoms with van der Waals surface area (Å²) >= 11 is 0. The lowest BCUT2D eigenvalue weighted by molar-refractivity contribution is -0.122. The van der Waals surface area contributed by atoms with Gasteiger partial charge in [0.25, 0.3) is 5.91 Å². The van der Waals surface area contributed by atoms with Gasteiger partial charge in [0.05, 0.1) is 12.2 Å². The molecular formula is C22H27NO4. The number of hydrogen-bond donors (Lipinski definition) is 1. The first-order chi connectivity index (χ1) is 12.8. The fourth-order valence-corrected chi connectivity index (χ4v) is 2.63. The second kappa shape index (κ2) is 9.21. The second-order valence-electron chi connectivity index (χ2n) is 6.50. The first-order valence-corrected chi connectivity index (χ1v) is 9.18. The Kier molecular flexibility index (Phi) is 6.99. The molecule has 1 amide bonds. The van der Waals surface area contributed by atoms with Crippen LogP contribution in [0, 0.1) is 20.8 Å². The second-order valence-corrected chi connectivity index (χ2v) is 6.50. The topological polar surface area (TPSA) is 64.6 Å². The van der Waals surface area contributed by atoms with Crippen LogP contribution in [0.4, 0.5) is 5.69 Å². The first kappa shape index (κ1) is 20.5. The lowest BCUT2D eigenvalue weighted by Gasteiger charge is -2.19. The van der Waals surface area contributed by atoms with Gasteiger partial charge in [0.1, 0.15) is 5.75 Å². The van der Waals surface area contributed by atoms with Crippen molar-refractivity contribution in [2.24, 2.45) is 0 Å². The lowest BCUT2D eigenvalue weighted by atomic mass is 10.1. The van der Waals surface area contributed by atoms with Crippen molar-refractivity contribution in [3.05, 3.63) is 58.7 Å². The van der Waals surface area contributed by atoms with Gasteiger partial charge in [-0.15, -0.1) is 0 Å². The number of ether oxygens (including phenoxy) is 2. The molecule has 27 heavy (non-hydrogen) atoms. The van der Waals surface area contributed by atoms with E-state index in [0.717, 1.165) is 11.1 Å². The lowest BCUT2D eigenvalue weighted by Crippen LogP contribution is -2.32. The van der Waals surface area contributed by atoms with Crippen LogP contribution in [0.3, 0.4) is 0 Å². The molecule has 2 aromatic rings. The smallest absolute Gasteiger partial charge is 0.338 e. The zero-order valence-electron chi connectivity index (χ0n) is 16.6. The van der Waals surface area contributed by atoms with Crippen LogP contribution in [-0.4, -0.2) is 24.6 Å². The summed E-state index contributed by atoms with van der Waals surface area (Å²) in [4.78, 5) is 24.5. The third kappa shape index (κ3) is 5.33. The number of hydrogen-bond acceptors (Lipinski definition) is 4. The van der Waals surface area contributed by atoms with E-state index in [0.29, 0.717) is 30.0 Å². The Labute approximate surface area is 160 Å². The maximum atomic E-state index is 12.6. The molecule has 1 atom stereocenters. The minimum atomic E-state index is -0.601. The highest BCUT2D eigenvalue weighted by molar-refractivity contribution is 5.96. The molecule has 0 heterocycles. The zero-order chi connectivity index (χ0) is 20.0. The Hall–Kier alpha value is -2.82. The van der Waals surface area contributed by atoms with Crippen molar-refractivity contribution in [1.82, 2.24) is 0 Å². The highest BCUT2D eigenvalue weighted by Crippen LogP contribution is 2.21. The summed E-state index contributed by atoms with van der Waals surface area (Å²) in [7, 11) is 0. The number of carbonyl (C=O) groups excluding carboxylic acids is 2. The van der Waals surface area contributed by atoms with E-state index in [1.54, 1.807) is 25.1 Å². The van der Waals surface area contributed by atoms with E-state index in [1.807, 2.05) is 45.9 Å². The van der Waals surface area contributed by atoms with Crippen molar-refractivity contribution in [3.63, 3.8) is 0 Å². The summed E-state index contributed by atoms with van der Waals surface area (Å²) in [5.74, 6) is 0.0835. The van der Waals surface area contributed by atoms with E-state index >= 15 is 0 Å². The zero-order valence-corrected chi connectivity index (χ0v) is 16.6. The third-order valence-corrected chi connectivity index (χ3v) is 4.42. The van der Waals surface area contributed by atoms with Crippen LogP contribution in [0.1, 0.15) is 47.3 Å². The number of nitrogens with one attached hydrogen (secondary N) is 1. The number of carbonyl (C=O) groups is 2. The van der Waals surface area contributed by atoms with Gasteiger partial charge in [-0.2, -0.15) is 0 Å². The molecular weight excluding hydrogens is 342 g/mol. The molecule has 0 aliphatic rings. The fraction of sp³-hybridized carbons (Fsp3) is 0.364. The first-order valence-electron chi connectivity index (χ1n) is 9.18. The van der Waals surface area contributed by atoms with E-state index in [9.17, 15) is 9.59 Å². The molecule has 0 aliphatic heterocycles. The van der Waals surface area contributed by atoms with Crippen LogP contribution in [-0.2, 0) is 9.53 Å². The van der Waals surface area contributed by atoms with E-state index in [1.165, 1.54) is 5.56 Å². The molecule has 1 N–H and O–H groups in total. The molecule has 144 valence electrons. The molecule has 2 aromatic carbocycles. The van der Waals surface area contributed by atoms with Crippen LogP contribution < -0.4 is 10.1 Å². The van der Waals surface area contributed by atoms with Crippen molar-refractivity contribution >= 4 is 17.6 Å². The Bertz CT molecular complexity index is 829. The summed E-state index contributed by atoms with van der Waals surface area (Å²) < 4.78 is 10.9. The monoisotopic (exact) mass is 369 g/mol. The maximum absolute atomic E-state index is 12.6. The van der Waals surface area contributed by atoms with Crippen LogP contribution in [0.2, 0.25) is 0 Å². The summed E-state index contributed by atoms with van der Waals surface area (Å²) in [5.41, 5.74) is 4.20. The standard InChI is InChI=1S/C22H27NO4/c1-6-20(27-18-10-8-14(3)15(4)13-18)21(24)23-19-11-9-17(12-16(19)5)22(25)26-7-2/h8-13,20H,6-7H2,1-5H3,(H,23,24)/t20-/m1/s1.